The summed E-state index contributed by atoms with van der Waals surface area (Å²) in [6.07, 6.45) is 0. The number of methoxy groups -OCH3 is 1. The van der Waals surface area contributed by atoms with Gasteiger partial charge in [-0.3, -0.25) is 0 Å². The maximum Gasteiger partial charge on any atom is 0.263 e. The molecule has 102 valence electrons. The Morgan fingerprint density at radius 1 is 1.05 bits per heavy atom. The highest BCUT2D eigenvalue weighted by molar-refractivity contribution is 5.27. The van der Waals surface area contributed by atoms with Crippen molar-refractivity contribution in [1.29, 1.82) is 0 Å². The first-order valence-electron chi connectivity index (χ1n) is 6.33. The standard InChI is InChI=1S/C15H20N2O2/c1-14(2,3)12-16-13(19-17-12)15(4,18-5)11-9-7-6-8-10-11/h6-10H,1-5H3. The van der Waals surface area contributed by atoms with Crippen LogP contribution in [0.25, 0.3) is 0 Å². The average molecular weight is 260 g/mol. The van der Waals surface area contributed by atoms with E-state index in [4.69, 9.17) is 9.26 Å². The van der Waals surface area contributed by atoms with Crippen molar-refractivity contribution in [2.75, 3.05) is 7.11 Å². The molecule has 0 aliphatic carbocycles. The largest absolute Gasteiger partial charge is 0.364 e. The summed E-state index contributed by atoms with van der Waals surface area (Å²) < 4.78 is 11.1. The Morgan fingerprint density at radius 2 is 1.68 bits per heavy atom. The van der Waals surface area contributed by atoms with Crippen LogP contribution < -0.4 is 0 Å². The minimum atomic E-state index is -0.724. The smallest absolute Gasteiger partial charge is 0.263 e. The van der Waals surface area contributed by atoms with Gasteiger partial charge in [-0.2, -0.15) is 4.98 Å². The molecule has 0 saturated heterocycles. The van der Waals surface area contributed by atoms with Crippen LogP contribution in [-0.2, 0) is 15.8 Å². The molecule has 0 radical (unpaired) electrons. The number of rotatable bonds is 3. The predicted molar refractivity (Wildman–Crippen MR) is 72.9 cm³/mol. The Labute approximate surface area is 113 Å². The molecule has 0 bridgehead atoms. The van der Waals surface area contributed by atoms with E-state index in [9.17, 15) is 0 Å². The summed E-state index contributed by atoms with van der Waals surface area (Å²) in [6, 6.07) is 9.88. The second-order valence-electron chi connectivity index (χ2n) is 5.78. The van der Waals surface area contributed by atoms with E-state index in [-0.39, 0.29) is 5.41 Å². The molecule has 0 aliphatic heterocycles. The van der Waals surface area contributed by atoms with Crippen LogP contribution in [0.1, 0.15) is 45.0 Å². The summed E-state index contributed by atoms with van der Waals surface area (Å²) in [6.45, 7) is 8.08. The fraction of sp³-hybridized carbons (Fsp3) is 0.467. The molecule has 4 nitrogen and oxygen atoms in total. The van der Waals surface area contributed by atoms with Gasteiger partial charge < -0.3 is 9.26 Å². The lowest BCUT2D eigenvalue weighted by molar-refractivity contribution is 0.0113. The van der Waals surface area contributed by atoms with E-state index in [1.165, 1.54) is 0 Å². The van der Waals surface area contributed by atoms with Gasteiger partial charge in [-0.1, -0.05) is 56.3 Å². The third-order valence-corrected chi connectivity index (χ3v) is 3.24. The molecule has 4 heteroatoms. The first-order valence-corrected chi connectivity index (χ1v) is 6.33. The Kier molecular flexibility index (Phi) is 3.45. The molecule has 1 aromatic carbocycles. The minimum absolute atomic E-state index is 0.146. The van der Waals surface area contributed by atoms with Crippen LogP contribution >= 0.6 is 0 Å². The van der Waals surface area contributed by atoms with Crippen molar-refractivity contribution in [3.63, 3.8) is 0 Å². The number of hydrogen-bond donors (Lipinski definition) is 0. The lowest BCUT2D eigenvalue weighted by Crippen LogP contribution is -2.26. The quantitative estimate of drug-likeness (QED) is 0.849. The summed E-state index contributed by atoms with van der Waals surface area (Å²) in [5.74, 6) is 1.16. The molecular formula is C15H20N2O2. The van der Waals surface area contributed by atoms with Crippen LogP contribution in [0.5, 0.6) is 0 Å². The van der Waals surface area contributed by atoms with Crippen molar-refractivity contribution < 1.29 is 9.26 Å². The van der Waals surface area contributed by atoms with E-state index < -0.39 is 5.60 Å². The van der Waals surface area contributed by atoms with Crippen molar-refractivity contribution in [3.05, 3.63) is 47.6 Å². The molecule has 0 N–H and O–H groups in total. The molecule has 0 spiro atoms. The summed E-state index contributed by atoms with van der Waals surface area (Å²) in [7, 11) is 1.65. The molecule has 1 atom stereocenters. The van der Waals surface area contributed by atoms with Gasteiger partial charge in [0, 0.05) is 12.5 Å². The lowest BCUT2D eigenvalue weighted by Gasteiger charge is -2.24. The van der Waals surface area contributed by atoms with Crippen molar-refractivity contribution in [2.24, 2.45) is 0 Å². The van der Waals surface area contributed by atoms with Gasteiger partial charge in [0.05, 0.1) is 0 Å². The zero-order valence-electron chi connectivity index (χ0n) is 12.1. The van der Waals surface area contributed by atoms with Gasteiger partial charge in [-0.05, 0) is 12.5 Å². The molecule has 2 aromatic rings. The van der Waals surface area contributed by atoms with Gasteiger partial charge >= 0.3 is 0 Å². The van der Waals surface area contributed by atoms with Gasteiger partial charge in [-0.25, -0.2) is 0 Å². The van der Waals surface area contributed by atoms with Crippen LogP contribution in [0.3, 0.4) is 0 Å². The highest BCUT2D eigenvalue weighted by Crippen LogP contribution is 2.32. The van der Waals surface area contributed by atoms with Crippen LogP contribution in [0.4, 0.5) is 0 Å². The molecule has 0 aliphatic rings. The Balaban J connectivity index is 2.45. The van der Waals surface area contributed by atoms with Crippen LogP contribution in [0.15, 0.2) is 34.9 Å². The monoisotopic (exact) mass is 260 g/mol. The van der Waals surface area contributed by atoms with Crippen LogP contribution in [0.2, 0.25) is 0 Å². The Morgan fingerprint density at radius 3 is 2.16 bits per heavy atom. The molecule has 0 saturated carbocycles. The minimum Gasteiger partial charge on any atom is -0.364 e. The SMILES string of the molecule is COC(C)(c1ccccc1)c1nc(C(C)(C)C)no1. The van der Waals surface area contributed by atoms with E-state index in [0.29, 0.717) is 11.7 Å². The number of aromatic nitrogens is 2. The third-order valence-electron chi connectivity index (χ3n) is 3.24. The van der Waals surface area contributed by atoms with E-state index in [2.05, 4.69) is 10.1 Å². The average Bonchev–Trinajstić information content (AvgIpc) is 2.89. The molecule has 1 aromatic heterocycles. The normalized spacial score (nSPS) is 15.2. The van der Waals surface area contributed by atoms with Crippen molar-refractivity contribution >= 4 is 0 Å². The number of ether oxygens (including phenoxy) is 1. The summed E-state index contributed by atoms with van der Waals surface area (Å²) in [5.41, 5.74) is 0.117. The van der Waals surface area contributed by atoms with Gasteiger partial charge in [0.25, 0.3) is 5.89 Å². The van der Waals surface area contributed by atoms with Crippen molar-refractivity contribution in [2.45, 2.75) is 38.7 Å². The van der Waals surface area contributed by atoms with E-state index >= 15 is 0 Å². The molecular weight excluding hydrogens is 240 g/mol. The summed E-state index contributed by atoms with van der Waals surface area (Å²) in [5, 5.41) is 4.06. The summed E-state index contributed by atoms with van der Waals surface area (Å²) >= 11 is 0. The fourth-order valence-electron chi connectivity index (χ4n) is 1.81. The zero-order valence-corrected chi connectivity index (χ0v) is 12.1. The van der Waals surface area contributed by atoms with Gasteiger partial charge in [0.2, 0.25) is 0 Å². The van der Waals surface area contributed by atoms with Gasteiger partial charge in [0.15, 0.2) is 11.4 Å². The Hall–Kier alpha value is -1.68. The zero-order chi connectivity index (χ0) is 14.1. The van der Waals surface area contributed by atoms with Crippen LogP contribution in [-0.4, -0.2) is 17.3 Å². The molecule has 0 fully saturated rings. The van der Waals surface area contributed by atoms with Gasteiger partial charge in [0.1, 0.15) is 0 Å². The van der Waals surface area contributed by atoms with Crippen LogP contribution in [0, 0.1) is 0 Å². The second-order valence-corrected chi connectivity index (χ2v) is 5.78. The highest BCUT2D eigenvalue weighted by Gasteiger charge is 2.36. The third kappa shape index (κ3) is 2.54. The van der Waals surface area contributed by atoms with Gasteiger partial charge in [-0.15, -0.1) is 0 Å². The molecule has 0 amide bonds. The van der Waals surface area contributed by atoms with Crippen molar-refractivity contribution in [1.82, 2.24) is 10.1 Å². The first-order chi connectivity index (χ1) is 8.88. The second kappa shape index (κ2) is 4.78. The predicted octanol–water partition coefficient (Wildman–Crippen LogP) is 3.28. The summed E-state index contributed by atoms with van der Waals surface area (Å²) in [4.78, 5) is 4.50. The number of hydrogen-bond acceptors (Lipinski definition) is 4. The van der Waals surface area contributed by atoms with E-state index in [1.54, 1.807) is 7.11 Å². The molecule has 1 heterocycles. The Bertz CT molecular complexity index is 543. The maximum atomic E-state index is 5.64. The molecule has 19 heavy (non-hydrogen) atoms. The lowest BCUT2D eigenvalue weighted by atomic mass is 9.94. The fourth-order valence-corrected chi connectivity index (χ4v) is 1.81. The number of benzene rings is 1. The first kappa shape index (κ1) is 13.7. The number of nitrogens with zero attached hydrogens (tertiary/aromatic N) is 2. The maximum absolute atomic E-state index is 5.64. The van der Waals surface area contributed by atoms with E-state index in [1.807, 2.05) is 58.0 Å². The van der Waals surface area contributed by atoms with E-state index in [0.717, 1.165) is 5.56 Å². The molecule has 2 rings (SSSR count). The highest BCUT2D eigenvalue weighted by atomic mass is 16.5. The topological polar surface area (TPSA) is 48.2 Å². The van der Waals surface area contributed by atoms with Crippen molar-refractivity contribution in [3.8, 4) is 0 Å². The molecule has 1 unspecified atom stereocenters.